The van der Waals surface area contributed by atoms with Crippen molar-refractivity contribution in [2.45, 2.75) is 84.4 Å². The predicted molar refractivity (Wildman–Crippen MR) is 207 cm³/mol. The maximum atomic E-state index is 3.88. The molecule has 0 nitrogen and oxygen atoms in total. The number of hydrogen-bond acceptors (Lipinski definition) is 1. The van der Waals surface area contributed by atoms with E-state index < -0.39 is 0 Å². The second kappa shape index (κ2) is 16.4. The van der Waals surface area contributed by atoms with Crippen molar-refractivity contribution in [3.05, 3.63) is 145 Å². The maximum absolute atomic E-state index is 3.88. The zero-order chi connectivity index (χ0) is 32.0. The summed E-state index contributed by atoms with van der Waals surface area (Å²) in [5, 5.41) is 0. The van der Waals surface area contributed by atoms with E-state index in [9.17, 15) is 0 Å². The van der Waals surface area contributed by atoms with Gasteiger partial charge in [0.1, 0.15) is 0 Å². The fourth-order valence-electron chi connectivity index (χ4n) is 6.55. The normalized spacial score (nSPS) is 20.1. The summed E-state index contributed by atoms with van der Waals surface area (Å²) in [5.41, 5.74) is 14.4. The van der Waals surface area contributed by atoms with Crippen LogP contribution in [0.4, 0.5) is 0 Å². The van der Waals surface area contributed by atoms with Crippen molar-refractivity contribution in [2.24, 2.45) is 0 Å². The summed E-state index contributed by atoms with van der Waals surface area (Å²) >= 11 is 8.07. The standard InChI is InChI=1S/C40H36S2.C2H6.2Pb/c1-2-27(36-10-3-5-12-38(36)41)14-20-31-8-7-9-32(21-19-30-22-23-42-39-13-6-4-11-37(30)39)40(31)35-25-33(28-15-16-28)24-34(26-35)29-17-18-29;1-2;;/h2-6,10-14,19-22,24-26,28-29,41H,1,7-9,15-18H2;1-2H3;;/p+1/b20-14+,27-2-,30-19+,32-21+;;;. The van der Waals surface area contributed by atoms with Crippen molar-refractivity contribution in [3.63, 3.8) is 0 Å². The Balaban J connectivity index is 0.00000182. The van der Waals surface area contributed by atoms with Gasteiger partial charge in [-0.3, -0.25) is 0 Å². The van der Waals surface area contributed by atoms with Gasteiger partial charge in [-0.2, -0.15) is 0 Å². The van der Waals surface area contributed by atoms with Gasteiger partial charge in [-0.15, -0.1) is 0 Å². The Kier molecular flexibility index (Phi) is 12.3. The second-order valence-corrected chi connectivity index (χ2v) is 19.1. The molecule has 3 aromatic carbocycles. The van der Waals surface area contributed by atoms with Crippen LogP contribution in [0.2, 0.25) is 3.98 Å². The van der Waals surface area contributed by atoms with Gasteiger partial charge in [0, 0.05) is 0 Å². The number of hydrogen-bond donors (Lipinski definition) is 0. The van der Waals surface area contributed by atoms with Crippen LogP contribution in [0.3, 0.4) is 0 Å². The van der Waals surface area contributed by atoms with Crippen molar-refractivity contribution in [1.29, 1.82) is 0 Å². The second-order valence-electron chi connectivity index (χ2n) is 12.4. The third kappa shape index (κ3) is 8.43. The van der Waals surface area contributed by atoms with Gasteiger partial charge in [0.2, 0.25) is 0 Å². The van der Waals surface area contributed by atoms with E-state index >= 15 is 0 Å². The molecule has 2 saturated carbocycles. The Bertz CT molecular complexity index is 1750. The van der Waals surface area contributed by atoms with E-state index in [4.69, 9.17) is 0 Å². The minimum atomic E-state index is 0.761. The fraction of sp³-hybridized carbons (Fsp3) is 0.286. The van der Waals surface area contributed by atoms with E-state index in [-0.39, 0.29) is 0 Å². The summed E-state index contributed by atoms with van der Waals surface area (Å²) in [7, 11) is 0. The van der Waals surface area contributed by atoms with Crippen LogP contribution in [0.25, 0.3) is 16.7 Å². The van der Waals surface area contributed by atoms with Crippen LogP contribution in [-0.2, 0) is 12.6 Å². The molecule has 4 aliphatic rings. The third-order valence-corrected chi connectivity index (χ3v) is 13.0. The fourth-order valence-corrected chi connectivity index (χ4v) is 10.5. The van der Waals surface area contributed by atoms with Gasteiger partial charge in [0.15, 0.2) is 0 Å². The number of fused-ring (bicyclic) bond motifs is 1. The third-order valence-electron chi connectivity index (χ3n) is 9.09. The summed E-state index contributed by atoms with van der Waals surface area (Å²) in [5.74, 6) is 1.52. The van der Waals surface area contributed by atoms with Gasteiger partial charge in [-0.05, 0) is 0 Å². The molecule has 6 radical (unpaired) electrons. The first-order valence-electron chi connectivity index (χ1n) is 16.9. The van der Waals surface area contributed by atoms with Crippen LogP contribution in [0.5, 0.6) is 0 Å². The molecule has 4 heteroatoms. The molecule has 46 heavy (non-hydrogen) atoms. The molecule has 0 N–H and O–H groups in total. The van der Waals surface area contributed by atoms with Crippen molar-refractivity contribution >= 4 is 92.6 Å². The average Bonchev–Trinajstić information content (AvgIpc) is 4.00. The SMILES string of the molecule is CC.[SH2+]c1ccccc1C(=C\[CH2][Pb])/C=C/C1=C(c2cc(C3CC3)cc(C3CC3)c2)C(=C/C=C2\C=[C]([Pb])Sc3ccccc32)/CCC1. The van der Waals surface area contributed by atoms with Crippen LogP contribution < -0.4 is 0 Å². The molecule has 0 saturated heterocycles. The molecule has 0 spiro atoms. The van der Waals surface area contributed by atoms with Crippen LogP contribution in [0, 0.1) is 0 Å². The Labute approximate surface area is 318 Å². The Morgan fingerprint density at radius 2 is 1.59 bits per heavy atom. The molecule has 7 rings (SSSR count). The summed E-state index contributed by atoms with van der Waals surface area (Å²) in [6.45, 7) is 4.00. The van der Waals surface area contributed by atoms with E-state index in [0.29, 0.717) is 0 Å². The molecule has 0 aromatic heterocycles. The first-order valence-corrected chi connectivity index (χ1v) is 22.9. The van der Waals surface area contributed by atoms with Crippen molar-refractivity contribution in [1.82, 2.24) is 0 Å². The van der Waals surface area contributed by atoms with Crippen molar-refractivity contribution < 1.29 is 0 Å². The van der Waals surface area contributed by atoms with E-state index in [1.54, 1.807) is 11.1 Å². The number of allylic oxidation sites excluding steroid dienone is 11. The quantitative estimate of drug-likeness (QED) is 0.123. The first kappa shape index (κ1) is 34.5. The summed E-state index contributed by atoms with van der Waals surface area (Å²) in [6.07, 6.45) is 23.4. The topological polar surface area (TPSA) is 0 Å². The minimum absolute atomic E-state index is 0.761. The zero-order valence-electron chi connectivity index (χ0n) is 27.0. The van der Waals surface area contributed by atoms with Crippen LogP contribution >= 0.6 is 11.8 Å². The van der Waals surface area contributed by atoms with Crippen molar-refractivity contribution in [2.75, 3.05) is 0 Å². The first-order chi connectivity index (χ1) is 22.6. The summed E-state index contributed by atoms with van der Waals surface area (Å²) in [6, 6.07) is 25.2. The van der Waals surface area contributed by atoms with Gasteiger partial charge < -0.3 is 0 Å². The molecule has 0 bridgehead atoms. The van der Waals surface area contributed by atoms with Gasteiger partial charge in [-0.25, -0.2) is 0 Å². The summed E-state index contributed by atoms with van der Waals surface area (Å²) < 4.78 is 2.64. The van der Waals surface area contributed by atoms with Gasteiger partial charge in [0.25, 0.3) is 0 Å². The molecule has 1 heterocycles. The van der Waals surface area contributed by atoms with Crippen molar-refractivity contribution in [3.8, 4) is 0 Å². The molecular formula is C42H43Pb2S2+. The Morgan fingerprint density at radius 1 is 0.891 bits per heavy atom. The van der Waals surface area contributed by atoms with Crippen LogP contribution in [-0.4, -0.2) is 51.5 Å². The molecular weight excluding hydrogens is 983 g/mol. The molecule has 0 atom stereocenters. The van der Waals surface area contributed by atoms with Crippen LogP contribution in [0.15, 0.2) is 127 Å². The van der Waals surface area contributed by atoms with Gasteiger partial charge >= 0.3 is 308 Å². The summed E-state index contributed by atoms with van der Waals surface area (Å²) in [4.78, 5) is 2.55. The Morgan fingerprint density at radius 3 is 2.28 bits per heavy atom. The molecule has 1 aliphatic heterocycles. The predicted octanol–water partition coefficient (Wildman–Crippen LogP) is 11.1. The van der Waals surface area contributed by atoms with Gasteiger partial charge in [-0.1, -0.05) is 13.8 Å². The molecule has 3 aromatic rings. The van der Waals surface area contributed by atoms with Gasteiger partial charge in [0.05, 0.1) is 0 Å². The molecule has 230 valence electrons. The monoisotopic (exact) mass is 1030 g/mol. The van der Waals surface area contributed by atoms with E-state index in [0.717, 1.165) is 85.1 Å². The molecule has 0 unspecified atom stereocenters. The molecule has 0 amide bonds. The average molecular weight is 1030 g/mol. The Hall–Kier alpha value is -1.36. The van der Waals surface area contributed by atoms with E-state index in [1.165, 1.54) is 84.0 Å². The zero-order valence-corrected chi connectivity index (χ0v) is 36.6. The van der Waals surface area contributed by atoms with E-state index in [2.05, 4.69) is 116 Å². The number of benzene rings is 3. The number of rotatable bonds is 8. The van der Waals surface area contributed by atoms with E-state index in [1.807, 2.05) is 25.6 Å². The molecule has 3 aliphatic carbocycles. The number of thioether (sulfide) groups is 1. The van der Waals surface area contributed by atoms with Crippen LogP contribution in [0.1, 0.15) is 98.4 Å². The molecule has 2 fully saturated rings.